The number of hydrogen-bond acceptors (Lipinski definition) is 8. The second-order valence-electron chi connectivity index (χ2n) is 12.9. The molecule has 1 aliphatic rings. The van der Waals surface area contributed by atoms with Gasteiger partial charge in [-0.2, -0.15) is 0 Å². The zero-order chi connectivity index (χ0) is 34.7. The van der Waals surface area contributed by atoms with Crippen LogP contribution in [-0.2, 0) is 23.7 Å². The third-order valence-electron chi connectivity index (χ3n) is 9.24. The van der Waals surface area contributed by atoms with E-state index in [1.165, 1.54) is 0 Å². The van der Waals surface area contributed by atoms with Crippen LogP contribution in [0.2, 0.25) is 0 Å². The van der Waals surface area contributed by atoms with Gasteiger partial charge in [0.25, 0.3) is 0 Å². The summed E-state index contributed by atoms with van der Waals surface area (Å²) < 4.78 is 23.7. The highest BCUT2D eigenvalue weighted by atomic mass is 16.6. The first-order valence-corrected chi connectivity index (χ1v) is 16.1. The summed E-state index contributed by atoms with van der Waals surface area (Å²) in [6.07, 6.45) is -3.00. The fraction of sp³-hybridized carbons (Fsp3) is 0.436. The van der Waals surface area contributed by atoms with Crippen molar-refractivity contribution in [3.05, 3.63) is 103 Å². The van der Waals surface area contributed by atoms with Crippen LogP contribution in [0.4, 0.5) is 0 Å². The minimum Gasteiger partial charge on any atom is -0.466 e. The highest BCUT2D eigenvalue weighted by Crippen LogP contribution is 2.35. The maximum absolute atomic E-state index is 13.7. The summed E-state index contributed by atoms with van der Waals surface area (Å²) in [5.41, 5.74) is 8.96. The third-order valence-corrected chi connectivity index (χ3v) is 9.24. The van der Waals surface area contributed by atoms with Crippen LogP contribution >= 0.6 is 0 Å². The first-order chi connectivity index (χ1) is 22.1. The van der Waals surface area contributed by atoms with Crippen LogP contribution < -0.4 is 0 Å². The molecular weight excluding hydrogens is 596 g/mol. The summed E-state index contributed by atoms with van der Waals surface area (Å²) in [5.74, 6) is -3.59. The molecule has 0 N–H and O–H groups in total. The molecule has 47 heavy (non-hydrogen) atoms. The van der Waals surface area contributed by atoms with Crippen molar-refractivity contribution in [2.45, 2.75) is 100 Å². The standard InChI is InChI=1S/C39H46O8/c1-11-44-39(43)35-33(46-37(41)31-16-21(3)13-24(6)27(31)9)18-29(45-36(40)30-15-20(2)12-23(5)26(30)8)19-34(35)47-38(42)32-17-22(4)14-25(7)28(32)10/h12-17,29,33-35H,11,18-19H2,1-10H3. The van der Waals surface area contributed by atoms with Gasteiger partial charge in [-0.05, 0) is 138 Å². The molecule has 0 aliphatic heterocycles. The van der Waals surface area contributed by atoms with Crippen molar-refractivity contribution < 1.29 is 38.1 Å². The molecule has 0 bridgehead atoms. The molecule has 1 saturated carbocycles. The Balaban J connectivity index is 1.74. The molecule has 2 unspecified atom stereocenters. The SMILES string of the molecule is CCOC(=O)C1C(OC(=O)c2cc(C)cc(C)c2C)CC(OC(=O)c2cc(C)cc(C)c2C)CC1OC(=O)c1cc(C)cc(C)c1C. The van der Waals surface area contributed by atoms with E-state index >= 15 is 0 Å². The highest BCUT2D eigenvalue weighted by Gasteiger charge is 2.49. The fourth-order valence-corrected chi connectivity index (χ4v) is 6.40. The zero-order valence-electron chi connectivity index (χ0n) is 29.2. The first kappa shape index (κ1) is 35.4. The van der Waals surface area contributed by atoms with Gasteiger partial charge in [0.1, 0.15) is 24.2 Å². The van der Waals surface area contributed by atoms with E-state index in [-0.39, 0.29) is 19.4 Å². The Kier molecular flexibility index (Phi) is 10.9. The average Bonchev–Trinajstić information content (AvgIpc) is 2.98. The number of carbonyl (C=O) groups excluding carboxylic acids is 4. The molecule has 1 aliphatic carbocycles. The maximum Gasteiger partial charge on any atom is 0.338 e. The molecule has 0 amide bonds. The quantitative estimate of drug-likeness (QED) is 0.185. The van der Waals surface area contributed by atoms with Gasteiger partial charge < -0.3 is 18.9 Å². The second-order valence-corrected chi connectivity index (χ2v) is 12.9. The molecule has 0 saturated heterocycles. The van der Waals surface area contributed by atoms with Gasteiger partial charge in [0, 0.05) is 12.8 Å². The summed E-state index contributed by atoms with van der Waals surface area (Å²) in [4.78, 5) is 54.6. The summed E-state index contributed by atoms with van der Waals surface area (Å²) in [6.45, 7) is 18.7. The van der Waals surface area contributed by atoms with Crippen molar-refractivity contribution >= 4 is 23.9 Å². The number of esters is 4. The molecule has 1 fully saturated rings. The molecule has 4 rings (SSSR count). The van der Waals surface area contributed by atoms with E-state index in [0.717, 1.165) is 50.1 Å². The van der Waals surface area contributed by atoms with Crippen LogP contribution in [0.3, 0.4) is 0 Å². The first-order valence-electron chi connectivity index (χ1n) is 16.1. The Morgan fingerprint density at radius 3 is 1.23 bits per heavy atom. The molecule has 0 radical (unpaired) electrons. The predicted octanol–water partition coefficient (Wildman–Crippen LogP) is 7.41. The number of rotatable bonds is 8. The number of ether oxygens (including phenoxy) is 4. The molecule has 3 aromatic carbocycles. The van der Waals surface area contributed by atoms with Crippen molar-refractivity contribution in [2.75, 3.05) is 6.61 Å². The second kappa shape index (κ2) is 14.5. The average molecular weight is 643 g/mol. The number of hydrogen-bond donors (Lipinski definition) is 0. The van der Waals surface area contributed by atoms with Gasteiger partial charge in [0.2, 0.25) is 0 Å². The van der Waals surface area contributed by atoms with E-state index in [4.69, 9.17) is 18.9 Å². The van der Waals surface area contributed by atoms with Crippen molar-refractivity contribution in [3.63, 3.8) is 0 Å². The third kappa shape index (κ3) is 7.92. The van der Waals surface area contributed by atoms with E-state index in [9.17, 15) is 19.2 Å². The van der Waals surface area contributed by atoms with Crippen LogP contribution in [-0.4, -0.2) is 48.8 Å². The van der Waals surface area contributed by atoms with Crippen LogP contribution in [0.25, 0.3) is 0 Å². The molecule has 3 aromatic rings. The van der Waals surface area contributed by atoms with Gasteiger partial charge in [0.15, 0.2) is 0 Å². The van der Waals surface area contributed by atoms with Gasteiger partial charge in [-0.1, -0.05) is 18.2 Å². The Bertz CT molecular complexity index is 1640. The van der Waals surface area contributed by atoms with E-state index < -0.39 is 48.1 Å². The number of carbonyl (C=O) groups is 4. The molecule has 0 spiro atoms. The molecule has 8 heteroatoms. The van der Waals surface area contributed by atoms with Crippen LogP contribution in [0, 0.1) is 68.2 Å². The minimum atomic E-state index is -1.14. The number of aryl methyl sites for hydroxylation is 6. The summed E-state index contributed by atoms with van der Waals surface area (Å²) in [6, 6.07) is 11.2. The smallest absolute Gasteiger partial charge is 0.338 e. The van der Waals surface area contributed by atoms with E-state index in [0.29, 0.717) is 16.7 Å². The van der Waals surface area contributed by atoms with E-state index in [1.54, 1.807) is 25.1 Å². The van der Waals surface area contributed by atoms with Crippen molar-refractivity contribution in [1.82, 2.24) is 0 Å². The Hall–Kier alpha value is -4.46. The lowest BCUT2D eigenvalue weighted by Gasteiger charge is -2.39. The van der Waals surface area contributed by atoms with Crippen molar-refractivity contribution in [1.29, 1.82) is 0 Å². The summed E-state index contributed by atoms with van der Waals surface area (Å²) in [7, 11) is 0. The van der Waals surface area contributed by atoms with Crippen LogP contribution in [0.1, 0.15) is 101 Å². The van der Waals surface area contributed by atoms with Crippen molar-refractivity contribution in [3.8, 4) is 0 Å². The number of benzene rings is 3. The van der Waals surface area contributed by atoms with Gasteiger partial charge >= 0.3 is 23.9 Å². The predicted molar refractivity (Wildman–Crippen MR) is 179 cm³/mol. The monoisotopic (exact) mass is 642 g/mol. The Morgan fingerprint density at radius 2 is 0.894 bits per heavy atom. The van der Waals surface area contributed by atoms with Gasteiger partial charge in [-0.25, -0.2) is 14.4 Å². The molecular formula is C39H46O8. The largest absolute Gasteiger partial charge is 0.466 e. The lowest BCUT2D eigenvalue weighted by atomic mass is 9.81. The molecule has 250 valence electrons. The molecule has 8 nitrogen and oxygen atoms in total. The summed E-state index contributed by atoms with van der Waals surface area (Å²) in [5, 5.41) is 0. The summed E-state index contributed by atoms with van der Waals surface area (Å²) >= 11 is 0. The van der Waals surface area contributed by atoms with E-state index in [1.807, 2.05) is 80.5 Å². The van der Waals surface area contributed by atoms with Gasteiger partial charge in [-0.15, -0.1) is 0 Å². The Labute approximate surface area is 277 Å². The van der Waals surface area contributed by atoms with Crippen molar-refractivity contribution in [2.24, 2.45) is 5.92 Å². The lowest BCUT2D eigenvalue weighted by molar-refractivity contribution is -0.165. The highest BCUT2D eigenvalue weighted by molar-refractivity contribution is 5.94. The van der Waals surface area contributed by atoms with Gasteiger partial charge in [0.05, 0.1) is 23.3 Å². The van der Waals surface area contributed by atoms with Crippen LogP contribution in [0.15, 0.2) is 36.4 Å². The van der Waals surface area contributed by atoms with E-state index in [2.05, 4.69) is 0 Å². The van der Waals surface area contributed by atoms with Gasteiger partial charge in [-0.3, -0.25) is 4.79 Å². The normalized spacial score (nSPS) is 19.1. The molecule has 0 aromatic heterocycles. The topological polar surface area (TPSA) is 105 Å². The zero-order valence-corrected chi connectivity index (χ0v) is 29.2. The molecule has 0 heterocycles. The van der Waals surface area contributed by atoms with Crippen LogP contribution in [0.5, 0.6) is 0 Å². The fourth-order valence-electron chi connectivity index (χ4n) is 6.40. The minimum absolute atomic E-state index is 0.0191. The molecule has 2 atom stereocenters. The maximum atomic E-state index is 13.7. The Morgan fingerprint density at radius 1 is 0.553 bits per heavy atom. The lowest BCUT2D eigenvalue weighted by Crippen LogP contribution is -2.51.